The van der Waals surface area contributed by atoms with Crippen LogP contribution in [0.25, 0.3) is 0 Å². The second kappa shape index (κ2) is 66.7. The Labute approximate surface area is 115 Å². The van der Waals surface area contributed by atoms with Crippen LogP contribution >= 0.6 is 0 Å². The number of halogens is 3. The van der Waals surface area contributed by atoms with Crippen molar-refractivity contribution < 1.29 is 66.8 Å². The maximum absolute atomic E-state index is 3.00. The molecule has 0 fully saturated rings. The molecule has 0 N–H and O–H groups in total. The van der Waals surface area contributed by atoms with Gasteiger partial charge in [0.1, 0.15) is 0 Å². The Morgan fingerprint density at radius 3 is 0.714 bits per heavy atom. The van der Waals surface area contributed by atoms with E-state index < -0.39 is 0 Å². The number of hydrogen-bond donors (Lipinski definition) is 0. The average Bonchev–Trinajstić information content (AvgIpc) is 1.00. The molecule has 0 bridgehead atoms. The van der Waals surface area contributed by atoms with Crippen LogP contribution in [-0.4, -0.2) is 37.7 Å². The van der Waals surface area contributed by atoms with E-state index in [4.69, 9.17) is 0 Å². The van der Waals surface area contributed by atoms with E-state index in [2.05, 4.69) is 13.2 Å². The van der Waals surface area contributed by atoms with Crippen LogP contribution in [0.4, 0.5) is 0 Å². The smallest absolute Gasteiger partial charge is 1.00 e. The van der Waals surface area contributed by atoms with Crippen molar-refractivity contribution >= 4 is 37.7 Å². The molecule has 0 rings (SSSR count). The first-order valence-corrected chi connectivity index (χ1v) is 0.500. The summed E-state index contributed by atoms with van der Waals surface area (Å²) in [6.07, 6.45) is 0. The predicted molar refractivity (Wildman–Crippen MR) is 17.0 cm³/mol. The van der Waals surface area contributed by atoms with E-state index in [0.29, 0.717) is 0 Å². The maximum Gasteiger partial charge on any atom is 2.00 e. The zero-order chi connectivity index (χ0) is 2.00. The van der Waals surface area contributed by atoms with Crippen LogP contribution in [0.2, 0.25) is 0 Å². The van der Waals surface area contributed by atoms with Crippen molar-refractivity contribution in [2.45, 2.75) is 0 Å². The largest absolute Gasteiger partial charge is 2.00 e. The van der Waals surface area contributed by atoms with Crippen LogP contribution in [0.15, 0.2) is 13.2 Å². The molecule has 5 heteroatoms. The van der Waals surface area contributed by atoms with Crippen LogP contribution in [0.1, 0.15) is 0 Å². The molecule has 7 heavy (non-hydrogen) atoms. The SMILES string of the molecule is C=C.[Ca+2].[Cl-].[Cl-].[Cl-].[Na+]. The van der Waals surface area contributed by atoms with Gasteiger partial charge in [0.05, 0.1) is 0 Å². The van der Waals surface area contributed by atoms with E-state index in [0.717, 1.165) is 0 Å². The minimum absolute atomic E-state index is 0. The second-order valence-corrected chi connectivity index (χ2v) is 0. The summed E-state index contributed by atoms with van der Waals surface area (Å²) in [5.74, 6) is 0. The molecular weight excluding hydrogens is 193 g/mol. The Bertz CT molecular complexity index is 12.9. The zero-order valence-corrected chi connectivity index (χ0v) is 10.7. The fourth-order valence-electron chi connectivity index (χ4n) is 0. The van der Waals surface area contributed by atoms with E-state index in [1.165, 1.54) is 0 Å². The molecule has 0 amide bonds. The Kier molecular flexibility index (Phi) is 494. The van der Waals surface area contributed by atoms with Crippen LogP contribution in [0.5, 0.6) is 0 Å². The molecule has 36 valence electrons. The summed E-state index contributed by atoms with van der Waals surface area (Å²) in [5, 5.41) is 0. The van der Waals surface area contributed by atoms with Gasteiger partial charge in [0.15, 0.2) is 0 Å². The van der Waals surface area contributed by atoms with Gasteiger partial charge in [0.25, 0.3) is 0 Å². The van der Waals surface area contributed by atoms with Gasteiger partial charge in [-0.2, -0.15) is 0 Å². The van der Waals surface area contributed by atoms with E-state index in [9.17, 15) is 0 Å². The normalized spacial score (nSPS) is 0.571. The van der Waals surface area contributed by atoms with Crippen molar-refractivity contribution in [3.63, 3.8) is 0 Å². The van der Waals surface area contributed by atoms with Crippen LogP contribution in [0.3, 0.4) is 0 Å². The maximum atomic E-state index is 3.00. The van der Waals surface area contributed by atoms with Crippen LogP contribution < -0.4 is 66.8 Å². The minimum Gasteiger partial charge on any atom is -1.00 e. The molecule has 0 nitrogen and oxygen atoms in total. The van der Waals surface area contributed by atoms with E-state index in [-0.39, 0.29) is 105 Å². The Balaban J connectivity index is -0.000000000500. The summed E-state index contributed by atoms with van der Waals surface area (Å²) < 4.78 is 0. The first-order chi connectivity index (χ1) is 1.00. The van der Waals surface area contributed by atoms with Crippen molar-refractivity contribution in [2.75, 3.05) is 0 Å². The third-order valence-electron chi connectivity index (χ3n) is 0. The average molecular weight is 197 g/mol. The van der Waals surface area contributed by atoms with Gasteiger partial charge in [-0.1, -0.05) is 0 Å². The van der Waals surface area contributed by atoms with Gasteiger partial charge in [0, 0.05) is 0 Å². The van der Waals surface area contributed by atoms with Gasteiger partial charge in [-0.3, -0.25) is 0 Å². The monoisotopic (exact) mass is 196 g/mol. The summed E-state index contributed by atoms with van der Waals surface area (Å²) in [4.78, 5) is 0. The minimum atomic E-state index is 0. The quantitative estimate of drug-likeness (QED) is 0.267. The standard InChI is InChI=1S/C2H4.Ca.3ClH.Na/c1-2;;;;;/h1-2H2;;3*1H;/q;+2;;;;+1/p-3. The third kappa shape index (κ3) is 50.8. The molecule has 0 atom stereocenters. The predicted octanol–water partition coefficient (Wildman–Crippen LogP) is -11.6. The first-order valence-electron chi connectivity index (χ1n) is 0.500. The fraction of sp³-hybridized carbons (Fsp3) is 0. The van der Waals surface area contributed by atoms with E-state index >= 15 is 0 Å². The molecular formula is C2H4CaCl3Na. The molecule has 0 aromatic carbocycles. The van der Waals surface area contributed by atoms with Crippen molar-refractivity contribution in [1.82, 2.24) is 0 Å². The van der Waals surface area contributed by atoms with Crippen LogP contribution in [0, 0.1) is 0 Å². The Morgan fingerprint density at radius 1 is 0.714 bits per heavy atom. The van der Waals surface area contributed by atoms with Gasteiger partial charge in [-0.15, -0.1) is 13.2 Å². The van der Waals surface area contributed by atoms with Gasteiger partial charge in [-0.25, -0.2) is 0 Å². The van der Waals surface area contributed by atoms with Gasteiger partial charge in [0.2, 0.25) is 0 Å². The Hall–Kier alpha value is 2.87. The molecule has 0 aliphatic carbocycles. The molecule has 0 saturated carbocycles. The molecule has 0 heterocycles. The summed E-state index contributed by atoms with van der Waals surface area (Å²) in [7, 11) is 0. The number of hydrogen-bond acceptors (Lipinski definition) is 0. The van der Waals surface area contributed by atoms with Gasteiger partial charge >= 0.3 is 67.3 Å². The van der Waals surface area contributed by atoms with E-state index in [1.807, 2.05) is 0 Å². The van der Waals surface area contributed by atoms with Crippen molar-refractivity contribution in [3.05, 3.63) is 13.2 Å². The van der Waals surface area contributed by atoms with Crippen molar-refractivity contribution in [1.29, 1.82) is 0 Å². The van der Waals surface area contributed by atoms with E-state index in [1.54, 1.807) is 0 Å². The summed E-state index contributed by atoms with van der Waals surface area (Å²) in [6, 6.07) is 0. The molecule has 0 aliphatic heterocycles. The summed E-state index contributed by atoms with van der Waals surface area (Å²) in [6.45, 7) is 6.00. The zero-order valence-electron chi connectivity index (χ0n) is 4.26. The summed E-state index contributed by atoms with van der Waals surface area (Å²) in [5.41, 5.74) is 0. The van der Waals surface area contributed by atoms with Gasteiger partial charge < -0.3 is 37.2 Å². The van der Waals surface area contributed by atoms with Gasteiger partial charge in [-0.05, 0) is 0 Å². The Morgan fingerprint density at radius 2 is 0.714 bits per heavy atom. The van der Waals surface area contributed by atoms with Crippen LogP contribution in [-0.2, 0) is 0 Å². The topological polar surface area (TPSA) is 0 Å². The van der Waals surface area contributed by atoms with Crippen molar-refractivity contribution in [3.8, 4) is 0 Å². The third-order valence-corrected chi connectivity index (χ3v) is 0. The molecule has 0 radical (unpaired) electrons. The number of rotatable bonds is 0. The molecule has 0 aromatic heterocycles. The van der Waals surface area contributed by atoms with Crippen molar-refractivity contribution in [2.24, 2.45) is 0 Å². The fourth-order valence-corrected chi connectivity index (χ4v) is 0. The molecule has 0 saturated heterocycles. The molecule has 0 aromatic rings. The molecule has 0 aliphatic rings. The summed E-state index contributed by atoms with van der Waals surface area (Å²) >= 11 is 0. The molecule has 0 spiro atoms. The molecule has 0 unspecified atom stereocenters. The second-order valence-electron chi connectivity index (χ2n) is 0. The first kappa shape index (κ1) is 51.9.